The second-order valence-corrected chi connectivity index (χ2v) is 14.0. The van der Waals surface area contributed by atoms with Crippen LogP contribution in [0.25, 0.3) is 16.6 Å². The highest BCUT2D eigenvalue weighted by molar-refractivity contribution is 6.07. The van der Waals surface area contributed by atoms with Crippen molar-refractivity contribution in [1.29, 1.82) is 0 Å². The highest BCUT2D eigenvalue weighted by atomic mass is 19.1. The number of hydrogen-bond donors (Lipinski definition) is 0. The van der Waals surface area contributed by atoms with E-state index in [2.05, 4.69) is 44.4 Å². The van der Waals surface area contributed by atoms with Crippen LogP contribution in [-0.2, 0) is 6.54 Å². The monoisotopic (exact) mass is 740 g/mol. The first-order valence-corrected chi connectivity index (χ1v) is 18.9. The van der Waals surface area contributed by atoms with Gasteiger partial charge in [-0.15, -0.1) is 0 Å². The Morgan fingerprint density at radius 3 is 2.04 bits per heavy atom. The normalized spacial score (nSPS) is 11.5. The first kappa shape index (κ1) is 40.0. The number of pyridine rings is 1. The van der Waals surface area contributed by atoms with Crippen LogP contribution in [0.15, 0.2) is 95.9 Å². The molecule has 5 rings (SSSR count). The number of aromatic nitrogens is 1. The number of amides is 1. The molecule has 0 saturated carbocycles. The fraction of sp³-hybridized carbons (Fsp3) is 0.364. The quantitative estimate of drug-likeness (QED) is 0.0624. The minimum absolute atomic E-state index is 0.0119. The average Bonchev–Trinajstić information content (AvgIpc) is 3.13. The van der Waals surface area contributed by atoms with Crippen LogP contribution in [0.5, 0.6) is 17.2 Å². The number of halogens is 2. The van der Waals surface area contributed by atoms with E-state index in [1.165, 1.54) is 16.7 Å². The molecule has 8 nitrogen and oxygen atoms in total. The molecule has 0 bridgehead atoms. The Balaban J connectivity index is 1.36. The van der Waals surface area contributed by atoms with Gasteiger partial charge in [0.25, 0.3) is 5.91 Å². The number of fused-ring (bicyclic) bond motifs is 1. The first-order valence-electron chi connectivity index (χ1n) is 18.9. The van der Waals surface area contributed by atoms with Gasteiger partial charge < -0.3 is 28.2 Å². The summed E-state index contributed by atoms with van der Waals surface area (Å²) in [6.07, 6.45) is 6.85. The molecule has 0 N–H and O–H groups in total. The van der Waals surface area contributed by atoms with Crippen LogP contribution in [0.3, 0.4) is 0 Å². The fourth-order valence-corrected chi connectivity index (χ4v) is 6.76. The predicted octanol–water partition coefficient (Wildman–Crippen LogP) is 9.34. The summed E-state index contributed by atoms with van der Waals surface area (Å²) in [6.45, 7) is 9.01. The summed E-state index contributed by atoms with van der Waals surface area (Å²) >= 11 is 0. The molecular weight excluding hydrogens is 688 g/mol. The zero-order chi connectivity index (χ0) is 38.7. The van der Waals surface area contributed by atoms with Crippen molar-refractivity contribution in [3.05, 3.63) is 124 Å². The van der Waals surface area contributed by atoms with Crippen LogP contribution in [0, 0.1) is 11.6 Å². The zero-order valence-electron chi connectivity index (χ0n) is 32.1. The van der Waals surface area contributed by atoms with E-state index in [0.29, 0.717) is 48.3 Å². The van der Waals surface area contributed by atoms with Gasteiger partial charge in [-0.1, -0.05) is 43.2 Å². The van der Waals surface area contributed by atoms with E-state index < -0.39 is 23.0 Å². The van der Waals surface area contributed by atoms with Crippen LogP contribution >= 0.6 is 0 Å². The third-order valence-corrected chi connectivity index (χ3v) is 9.32. The third-order valence-electron chi connectivity index (χ3n) is 9.32. The van der Waals surface area contributed by atoms with Gasteiger partial charge in [-0.3, -0.25) is 9.59 Å². The molecule has 0 atom stereocenters. The number of carbonyl (C=O) groups is 1. The molecule has 0 aliphatic heterocycles. The van der Waals surface area contributed by atoms with Crippen molar-refractivity contribution >= 4 is 22.5 Å². The summed E-state index contributed by atoms with van der Waals surface area (Å²) in [7, 11) is 4.57. The molecule has 0 unspecified atom stereocenters. The summed E-state index contributed by atoms with van der Waals surface area (Å²) in [5.74, 6) is -0.647. The van der Waals surface area contributed by atoms with Crippen molar-refractivity contribution in [3.63, 3.8) is 0 Å². The second-order valence-electron chi connectivity index (χ2n) is 14.0. The Morgan fingerprint density at radius 1 is 0.741 bits per heavy atom. The third kappa shape index (κ3) is 10.5. The summed E-state index contributed by atoms with van der Waals surface area (Å²) in [5, 5.41) is 0.281. The fourth-order valence-electron chi connectivity index (χ4n) is 6.76. The molecule has 286 valence electrons. The van der Waals surface area contributed by atoms with Crippen molar-refractivity contribution in [3.8, 4) is 22.9 Å². The van der Waals surface area contributed by atoms with Gasteiger partial charge in [-0.25, -0.2) is 8.78 Å². The van der Waals surface area contributed by atoms with Gasteiger partial charge in [0, 0.05) is 59.7 Å². The number of carbonyl (C=O) groups excluding carboxylic acids is 1. The van der Waals surface area contributed by atoms with Crippen LogP contribution in [-0.4, -0.2) is 62.0 Å². The van der Waals surface area contributed by atoms with Gasteiger partial charge in [-0.2, -0.15) is 0 Å². The van der Waals surface area contributed by atoms with E-state index in [9.17, 15) is 18.4 Å². The van der Waals surface area contributed by atoms with E-state index in [4.69, 9.17) is 14.2 Å². The molecule has 0 fully saturated rings. The number of unbranched alkanes of at least 4 members (excludes halogenated alkanes) is 4. The molecule has 54 heavy (non-hydrogen) atoms. The Morgan fingerprint density at radius 2 is 1.39 bits per heavy atom. The maximum Gasteiger partial charge on any atom is 0.263 e. The van der Waals surface area contributed by atoms with Crippen molar-refractivity contribution in [2.45, 2.75) is 59.4 Å². The topological polar surface area (TPSA) is 70.0 Å². The lowest BCUT2D eigenvalue weighted by atomic mass is 10.1. The van der Waals surface area contributed by atoms with Gasteiger partial charge >= 0.3 is 0 Å². The molecule has 0 aliphatic rings. The van der Waals surface area contributed by atoms with Crippen LogP contribution in [0.1, 0.15) is 68.8 Å². The van der Waals surface area contributed by atoms with Crippen molar-refractivity contribution in [1.82, 2.24) is 4.57 Å². The number of nitrogens with zero attached hydrogens (tertiary/aromatic N) is 3. The lowest BCUT2D eigenvalue weighted by Gasteiger charge is -2.30. The molecule has 0 saturated heterocycles. The minimum Gasteiger partial charge on any atom is -0.494 e. The second kappa shape index (κ2) is 18.7. The maximum absolute atomic E-state index is 14.2. The van der Waals surface area contributed by atoms with Gasteiger partial charge in [-0.05, 0) is 64.3 Å². The molecule has 4 aromatic carbocycles. The average molecular weight is 741 g/mol. The summed E-state index contributed by atoms with van der Waals surface area (Å²) in [5.41, 5.74) is 1.80. The van der Waals surface area contributed by atoms with Crippen molar-refractivity contribution in [2.75, 3.05) is 51.9 Å². The number of benzene rings is 4. The SMILES string of the molecule is CCOc1cc(OCC)cc(-n2cc(C(=O)N(CC)c3cc(F)cc(F)c3)c(=O)c3ccc(OCCCCCCC[N+](C)(C)Cc4ccccc4)cc32)c1. The van der Waals surface area contributed by atoms with Crippen LogP contribution in [0.4, 0.5) is 14.5 Å². The first-order chi connectivity index (χ1) is 26.0. The van der Waals surface area contributed by atoms with Gasteiger partial charge in [0.2, 0.25) is 5.43 Å². The van der Waals surface area contributed by atoms with E-state index >= 15 is 0 Å². The Labute approximate surface area is 317 Å². The molecule has 5 aromatic rings. The zero-order valence-corrected chi connectivity index (χ0v) is 32.1. The standard InChI is InChI=1S/C44H52F2N3O5/c1-6-47(35-24-33(45)23-34(46)25-35)44(51)41-30-48(36-26-38(52-7-2)28-39(27-36)53-8-3)42-29-37(19-20-40(42)43(41)50)54-22-16-11-9-10-15-21-49(4,5)31-32-17-13-12-14-18-32/h12-14,17-20,23-30H,6-11,15-16,21-22,31H2,1-5H3/q+1. The molecule has 1 heterocycles. The number of quaternary nitrogens is 1. The minimum atomic E-state index is -0.825. The van der Waals surface area contributed by atoms with Gasteiger partial charge in [0.05, 0.1) is 51.7 Å². The summed E-state index contributed by atoms with van der Waals surface area (Å²) < 4.78 is 49.0. The number of ether oxygens (including phenoxy) is 3. The van der Waals surface area contributed by atoms with Crippen molar-refractivity contribution < 1.29 is 32.3 Å². The molecular formula is C44H52F2N3O5+. The maximum atomic E-state index is 14.2. The Kier molecular flexibility index (Phi) is 13.8. The smallest absolute Gasteiger partial charge is 0.263 e. The number of anilines is 1. The lowest BCUT2D eigenvalue weighted by Crippen LogP contribution is -2.39. The van der Waals surface area contributed by atoms with Gasteiger partial charge in [0.1, 0.15) is 41.0 Å². The van der Waals surface area contributed by atoms with Crippen LogP contribution in [0.2, 0.25) is 0 Å². The number of rotatable bonds is 19. The summed E-state index contributed by atoms with van der Waals surface area (Å²) in [4.78, 5) is 29.2. The lowest BCUT2D eigenvalue weighted by molar-refractivity contribution is -0.903. The molecule has 0 spiro atoms. The molecule has 1 aromatic heterocycles. The highest BCUT2D eigenvalue weighted by Gasteiger charge is 2.24. The number of hydrogen-bond acceptors (Lipinski definition) is 5. The molecule has 1 amide bonds. The summed E-state index contributed by atoms with van der Waals surface area (Å²) in [6, 6.07) is 24.1. The van der Waals surface area contributed by atoms with E-state index in [1.807, 2.05) is 13.8 Å². The molecule has 10 heteroatoms. The predicted molar refractivity (Wildman–Crippen MR) is 211 cm³/mol. The molecule has 0 aliphatic carbocycles. The van der Waals surface area contributed by atoms with Crippen molar-refractivity contribution in [2.24, 2.45) is 0 Å². The highest BCUT2D eigenvalue weighted by Crippen LogP contribution is 2.30. The van der Waals surface area contributed by atoms with E-state index in [1.54, 1.807) is 47.9 Å². The van der Waals surface area contributed by atoms with Gasteiger partial charge in [0.15, 0.2) is 0 Å². The van der Waals surface area contributed by atoms with Crippen LogP contribution < -0.4 is 24.5 Å². The molecule has 0 radical (unpaired) electrons. The largest absolute Gasteiger partial charge is 0.494 e. The van der Waals surface area contributed by atoms with E-state index in [0.717, 1.165) is 67.9 Å². The van der Waals surface area contributed by atoms with E-state index in [-0.39, 0.29) is 23.2 Å². The Hall–Kier alpha value is -5.22. The Bertz CT molecular complexity index is 2040.